The molecule has 2 aromatic heterocycles. The first-order chi connectivity index (χ1) is 9.56. The van der Waals surface area contributed by atoms with Gasteiger partial charge in [0.05, 0.1) is 10.4 Å². The van der Waals surface area contributed by atoms with E-state index in [0.29, 0.717) is 5.88 Å². The quantitative estimate of drug-likeness (QED) is 0.749. The zero-order valence-electron chi connectivity index (χ0n) is 11.7. The highest BCUT2D eigenvalue weighted by molar-refractivity contribution is 7.15. The second-order valence-electron chi connectivity index (χ2n) is 4.99. The van der Waals surface area contributed by atoms with Crippen LogP contribution in [-0.4, -0.2) is 5.16 Å². The van der Waals surface area contributed by atoms with E-state index in [0.717, 1.165) is 21.7 Å². The number of nitrogen functional groups attached to an aromatic ring is 1. The average molecular weight is 284 g/mol. The van der Waals surface area contributed by atoms with Gasteiger partial charge in [-0.25, -0.2) is 0 Å². The lowest BCUT2D eigenvalue weighted by Gasteiger charge is -2.02. The van der Waals surface area contributed by atoms with Gasteiger partial charge in [0, 0.05) is 4.88 Å². The number of aryl methyl sites for hydroxylation is 3. The first-order valence-corrected chi connectivity index (χ1v) is 7.27. The van der Waals surface area contributed by atoms with Crippen LogP contribution in [0.4, 0.5) is 5.88 Å². The predicted octanol–water partition coefficient (Wildman–Crippen LogP) is 4.58. The molecule has 0 atom stereocenters. The van der Waals surface area contributed by atoms with Crippen LogP contribution in [0.3, 0.4) is 0 Å². The number of aromatic nitrogens is 1. The number of nitrogens with two attached hydrogens (primary N) is 1. The molecule has 102 valence electrons. The van der Waals surface area contributed by atoms with Gasteiger partial charge in [-0.2, -0.15) is 0 Å². The maximum Gasteiger partial charge on any atom is 0.230 e. The Kier molecular flexibility index (Phi) is 3.10. The van der Waals surface area contributed by atoms with Gasteiger partial charge in [-0.1, -0.05) is 35.0 Å². The molecule has 3 nitrogen and oxygen atoms in total. The highest BCUT2D eigenvalue weighted by atomic mass is 32.1. The fourth-order valence-electron chi connectivity index (χ4n) is 2.24. The number of benzene rings is 1. The Balaban J connectivity index is 2.19. The molecular formula is C16H16N2OS. The van der Waals surface area contributed by atoms with Crippen molar-refractivity contribution in [3.63, 3.8) is 0 Å². The summed E-state index contributed by atoms with van der Waals surface area (Å²) in [5.74, 6) is 0.370. The third-order valence-electron chi connectivity index (χ3n) is 3.42. The summed E-state index contributed by atoms with van der Waals surface area (Å²) < 4.78 is 5.23. The van der Waals surface area contributed by atoms with E-state index in [1.54, 1.807) is 11.3 Å². The lowest BCUT2D eigenvalue weighted by molar-refractivity contribution is 0.439. The monoisotopic (exact) mass is 284 g/mol. The SMILES string of the molecule is Cc1cccc(-c2c(-c3cc(C)c(C)s3)noc2N)c1. The van der Waals surface area contributed by atoms with Crippen molar-refractivity contribution in [2.24, 2.45) is 0 Å². The molecule has 0 saturated heterocycles. The summed E-state index contributed by atoms with van der Waals surface area (Å²) in [4.78, 5) is 2.38. The van der Waals surface area contributed by atoms with E-state index in [1.165, 1.54) is 16.0 Å². The Bertz CT molecular complexity index is 751. The summed E-state index contributed by atoms with van der Waals surface area (Å²) in [6.07, 6.45) is 0. The van der Waals surface area contributed by atoms with Crippen LogP contribution in [0.2, 0.25) is 0 Å². The Morgan fingerprint density at radius 3 is 2.60 bits per heavy atom. The molecule has 0 saturated carbocycles. The van der Waals surface area contributed by atoms with Gasteiger partial charge in [-0.3, -0.25) is 0 Å². The van der Waals surface area contributed by atoms with Gasteiger partial charge in [0.25, 0.3) is 0 Å². The number of anilines is 1. The summed E-state index contributed by atoms with van der Waals surface area (Å²) in [6, 6.07) is 10.3. The first-order valence-electron chi connectivity index (χ1n) is 6.46. The van der Waals surface area contributed by atoms with Gasteiger partial charge in [0.15, 0.2) is 0 Å². The van der Waals surface area contributed by atoms with Crippen molar-refractivity contribution < 1.29 is 4.52 Å². The Hall–Kier alpha value is -2.07. The third kappa shape index (κ3) is 2.12. The minimum atomic E-state index is 0.370. The van der Waals surface area contributed by atoms with Crippen LogP contribution in [-0.2, 0) is 0 Å². The third-order valence-corrected chi connectivity index (χ3v) is 4.58. The van der Waals surface area contributed by atoms with Gasteiger partial charge < -0.3 is 10.3 Å². The number of hydrogen-bond donors (Lipinski definition) is 1. The van der Waals surface area contributed by atoms with Gasteiger partial charge in [0.1, 0.15) is 5.69 Å². The van der Waals surface area contributed by atoms with E-state index in [2.05, 4.69) is 44.1 Å². The van der Waals surface area contributed by atoms with E-state index in [1.807, 2.05) is 12.1 Å². The lowest BCUT2D eigenvalue weighted by atomic mass is 10.0. The second kappa shape index (κ2) is 4.80. The highest BCUT2D eigenvalue weighted by Crippen LogP contribution is 2.40. The van der Waals surface area contributed by atoms with Crippen molar-refractivity contribution in [1.82, 2.24) is 5.16 Å². The summed E-state index contributed by atoms with van der Waals surface area (Å²) in [7, 11) is 0. The molecule has 0 amide bonds. The van der Waals surface area contributed by atoms with Crippen LogP contribution in [0.15, 0.2) is 34.9 Å². The molecule has 1 aromatic carbocycles. The molecule has 4 heteroatoms. The standard InChI is InChI=1S/C16H16N2OS/c1-9-5-4-6-12(7-9)14-15(18-19-16(14)17)13-8-10(2)11(3)20-13/h4-8H,17H2,1-3H3. The number of hydrogen-bond acceptors (Lipinski definition) is 4. The van der Waals surface area contributed by atoms with Gasteiger partial charge in [0.2, 0.25) is 5.88 Å². The zero-order chi connectivity index (χ0) is 14.3. The Morgan fingerprint density at radius 2 is 1.95 bits per heavy atom. The second-order valence-corrected chi connectivity index (χ2v) is 6.25. The summed E-state index contributed by atoms with van der Waals surface area (Å²) in [6.45, 7) is 6.27. The van der Waals surface area contributed by atoms with Gasteiger partial charge >= 0.3 is 0 Å². The summed E-state index contributed by atoms with van der Waals surface area (Å²) in [5, 5.41) is 4.16. The van der Waals surface area contributed by atoms with Crippen LogP contribution in [0.5, 0.6) is 0 Å². The molecule has 0 bridgehead atoms. The maximum absolute atomic E-state index is 5.98. The lowest BCUT2D eigenvalue weighted by Crippen LogP contribution is -1.87. The average Bonchev–Trinajstić information content (AvgIpc) is 2.93. The number of thiophene rings is 1. The van der Waals surface area contributed by atoms with E-state index in [-0.39, 0.29) is 0 Å². The van der Waals surface area contributed by atoms with Crippen LogP contribution < -0.4 is 5.73 Å². The molecule has 0 spiro atoms. The van der Waals surface area contributed by atoms with Crippen LogP contribution in [0.1, 0.15) is 16.0 Å². The fourth-order valence-corrected chi connectivity index (χ4v) is 3.26. The molecule has 0 aliphatic carbocycles. The molecule has 3 rings (SSSR count). The molecular weight excluding hydrogens is 268 g/mol. The van der Waals surface area contributed by atoms with Crippen LogP contribution in [0, 0.1) is 20.8 Å². The van der Waals surface area contributed by atoms with Crippen molar-refractivity contribution in [2.75, 3.05) is 5.73 Å². The largest absolute Gasteiger partial charge is 0.367 e. The molecule has 0 aliphatic rings. The minimum Gasteiger partial charge on any atom is -0.367 e. The summed E-state index contributed by atoms with van der Waals surface area (Å²) >= 11 is 1.72. The van der Waals surface area contributed by atoms with E-state index >= 15 is 0 Å². The van der Waals surface area contributed by atoms with Crippen LogP contribution in [0.25, 0.3) is 21.7 Å². The minimum absolute atomic E-state index is 0.370. The smallest absolute Gasteiger partial charge is 0.230 e. The van der Waals surface area contributed by atoms with E-state index in [9.17, 15) is 0 Å². The van der Waals surface area contributed by atoms with Crippen LogP contribution >= 0.6 is 11.3 Å². The molecule has 0 fully saturated rings. The maximum atomic E-state index is 5.98. The highest BCUT2D eigenvalue weighted by Gasteiger charge is 2.19. The van der Waals surface area contributed by atoms with Gasteiger partial charge in [-0.05, 0) is 38.0 Å². The molecule has 3 aromatic rings. The van der Waals surface area contributed by atoms with E-state index < -0.39 is 0 Å². The van der Waals surface area contributed by atoms with E-state index in [4.69, 9.17) is 10.3 Å². The normalized spacial score (nSPS) is 10.9. The Morgan fingerprint density at radius 1 is 1.15 bits per heavy atom. The molecule has 2 N–H and O–H groups in total. The van der Waals surface area contributed by atoms with Crippen molar-refractivity contribution in [3.8, 4) is 21.7 Å². The Labute approximate surface area is 122 Å². The van der Waals surface area contributed by atoms with Gasteiger partial charge in [-0.15, -0.1) is 11.3 Å². The molecule has 0 unspecified atom stereocenters. The molecule has 0 radical (unpaired) electrons. The first kappa shape index (κ1) is 12.9. The predicted molar refractivity (Wildman–Crippen MR) is 83.9 cm³/mol. The zero-order valence-corrected chi connectivity index (χ0v) is 12.5. The molecule has 0 aliphatic heterocycles. The van der Waals surface area contributed by atoms with Crippen molar-refractivity contribution in [3.05, 3.63) is 46.3 Å². The number of rotatable bonds is 2. The fraction of sp³-hybridized carbons (Fsp3) is 0.188. The molecule has 2 heterocycles. The molecule has 20 heavy (non-hydrogen) atoms. The van der Waals surface area contributed by atoms with Crippen molar-refractivity contribution in [1.29, 1.82) is 0 Å². The topological polar surface area (TPSA) is 52.0 Å². The number of nitrogens with zero attached hydrogens (tertiary/aromatic N) is 1. The summed E-state index contributed by atoms with van der Waals surface area (Å²) in [5.41, 5.74) is 11.2. The van der Waals surface area contributed by atoms with Crippen molar-refractivity contribution >= 4 is 17.2 Å². The van der Waals surface area contributed by atoms with Crippen molar-refractivity contribution in [2.45, 2.75) is 20.8 Å².